The number of amides is 1. The lowest BCUT2D eigenvalue weighted by Gasteiger charge is -2.28. The number of carboxylic acids is 1. The van der Waals surface area contributed by atoms with Gasteiger partial charge in [-0.1, -0.05) is 6.07 Å². The molecule has 1 saturated heterocycles. The van der Waals surface area contributed by atoms with Crippen LogP contribution in [0.25, 0.3) is 0 Å². The summed E-state index contributed by atoms with van der Waals surface area (Å²) in [7, 11) is 1.69. The zero-order chi connectivity index (χ0) is 21.9. The summed E-state index contributed by atoms with van der Waals surface area (Å²) >= 11 is 6.12. The molecule has 1 amide bonds. The molecule has 0 spiro atoms. The maximum absolute atomic E-state index is 12.7. The van der Waals surface area contributed by atoms with Crippen LogP contribution >= 0.6 is 24.4 Å². The van der Waals surface area contributed by atoms with Crippen molar-refractivity contribution in [2.45, 2.75) is 36.6 Å². The van der Waals surface area contributed by atoms with E-state index in [1.165, 1.54) is 0 Å². The maximum atomic E-state index is 12.7. The normalized spacial score (nSPS) is 19.4. The molecule has 0 bridgehead atoms. The van der Waals surface area contributed by atoms with Gasteiger partial charge in [-0.15, -0.1) is 0 Å². The molecule has 7 nitrogen and oxygen atoms in total. The molecule has 168 valence electrons. The van der Waals surface area contributed by atoms with Crippen LogP contribution in [0, 0.1) is 0 Å². The van der Waals surface area contributed by atoms with Crippen molar-refractivity contribution in [2.75, 3.05) is 50.3 Å². The Labute approximate surface area is 188 Å². The molecule has 1 aromatic carbocycles. The Kier molecular flexibility index (Phi) is 10.8. The van der Waals surface area contributed by atoms with Gasteiger partial charge in [0.25, 0.3) is 5.91 Å². The maximum Gasteiger partial charge on any atom is 0.326 e. The summed E-state index contributed by atoms with van der Waals surface area (Å²) in [6.07, 6.45) is 4.18. The molecule has 0 unspecified atom stereocenters. The van der Waals surface area contributed by atoms with E-state index < -0.39 is 12.0 Å². The molecule has 0 aromatic heterocycles. The second-order valence-corrected chi connectivity index (χ2v) is 9.20. The fourth-order valence-electron chi connectivity index (χ4n) is 3.51. The predicted molar refractivity (Wildman–Crippen MR) is 126 cm³/mol. The monoisotopic (exact) mass is 455 g/mol. The van der Waals surface area contributed by atoms with Gasteiger partial charge in [0.2, 0.25) is 0 Å². The lowest BCUT2D eigenvalue weighted by atomic mass is 10.1. The third-order valence-corrected chi connectivity index (χ3v) is 6.14. The van der Waals surface area contributed by atoms with E-state index in [4.69, 9.17) is 4.74 Å². The van der Waals surface area contributed by atoms with Crippen molar-refractivity contribution in [3.05, 3.63) is 29.8 Å². The Morgan fingerprint density at radius 2 is 2.27 bits per heavy atom. The summed E-state index contributed by atoms with van der Waals surface area (Å²) in [6, 6.07) is 6.84. The number of hydrogen-bond acceptors (Lipinski definition) is 7. The predicted octanol–water partition coefficient (Wildman–Crippen LogP) is 2.13. The minimum atomic E-state index is -1.01. The van der Waals surface area contributed by atoms with Gasteiger partial charge in [-0.25, -0.2) is 4.79 Å². The lowest BCUT2D eigenvalue weighted by Crippen LogP contribution is -2.41. The summed E-state index contributed by atoms with van der Waals surface area (Å²) in [5.41, 5.74) is 1.41. The number of nitrogens with one attached hydrogen (secondary N) is 2. The second-order valence-electron chi connectivity index (χ2n) is 7.48. The van der Waals surface area contributed by atoms with Gasteiger partial charge >= 0.3 is 5.97 Å². The molecule has 0 aliphatic carbocycles. The first kappa shape index (κ1) is 24.8. The van der Waals surface area contributed by atoms with Crippen molar-refractivity contribution in [3.63, 3.8) is 0 Å². The van der Waals surface area contributed by atoms with Crippen LogP contribution in [-0.4, -0.2) is 79.7 Å². The summed E-state index contributed by atoms with van der Waals surface area (Å²) in [6.45, 7) is 3.19. The van der Waals surface area contributed by atoms with Gasteiger partial charge in [0.1, 0.15) is 6.04 Å². The van der Waals surface area contributed by atoms with E-state index in [1.54, 1.807) is 24.9 Å². The minimum absolute atomic E-state index is 0.343. The van der Waals surface area contributed by atoms with Crippen molar-refractivity contribution < 1.29 is 19.4 Å². The van der Waals surface area contributed by atoms with E-state index in [-0.39, 0.29) is 5.91 Å². The molecule has 1 fully saturated rings. The minimum Gasteiger partial charge on any atom is -0.480 e. The fourth-order valence-corrected chi connectivity index (χ4v) is 4.34. The number of ether oxygens (including phenoxy) is 1. The quantitative estimate of drug-likeness (QED) is 0.268. The number of aliphatic carboxylic acids is 1. The Bertz CT molecular complexity index is 692. The number of anilines is 1. The van der Waals surface area contributed by atoms with Crippen LogP contribution in [0.3, 0.4) is 0 Å². The van der Waals surface area contributed by atoms with Gasteiger partial charge in [0.15, 0.2) is 0 Å². The first-order valence-corrected chi connectivity index (χ1v) is 12.1. The van der Waals surface area contributed by atoms with Gasteiger partial charge in [-0.05, 0) is 49.5 Å². The number of rotatable bonds is 13. The number of thioether (sulfide) groups is 1. The largest absolute Gasteiger partial charge is 0.480 e. The molecule has 3 atom stereocenters. The van der Waals surface area contributed by atoms with E-state index in [0.717, 1.165) is 38.2 Å². The van der Waals surface area contributed by atoms with Crippen LogP contribution in [-0.2, 0) is 9.53 Å². The lowest BCUT2D eigenvalue weighted by molar-refractivity contribution is -0.139. The van der Waals surface area contributed by atoms with Crippen LogP contribution in [0.1, 0.15) is 29.6 Å². The summed E-state index contributed by atoms with van der Waals surface area (Å²) < 4.78 is 5.20. The molecule has 1 aromatic rings. The number of carboxylic acid groups (broad SMARTS) is 1. The van der Waals surface area contributed by atoms with Gasteiger partial charge in [-0.2, -0.15) is 24.4 Å². The Balaban J connectivity index is 2.10. The van der Waals surface area contributed by atoms with E-state index in [0.29, 0.717) is 35.6 Å². The third kappa shape index (κ3) is 8.02. The summed E-state index contributed by atoms with van der Waals surface area (Å²) in [4.78, 5) is 26.4. The smallest absolute Gasteiger partial charge is 0.326 e. The zero-order valence-electron chi connectivity index (χ0n) is 17.7. The number of carbonyl (C=O) groups is 2. The van der Waals surface area contributed by atoms with Crippen molar-refractivity contribution in [1.29, 1.82) is 0 Å². The highest BCUT2D eigenvalue weighted by molar-refractivity contribution is 7.98. The molecule has 1 aliphatic rings. The average molecular weight is 456 g/mol. The highest BCUT2D eigenvalue weighted by Crippen LogP contribution is 2.20. The second kappa shape index (κ2) is 13.1. The number of hydrogen-bond donors (Lipinski definition) is 4. The summed E-state index contributed by atoms with van der Waals surface area (Å²) in [5, 5.41) is 15.9. The zero-order valence-corrected chi connectivity index (χ0v) is 19.4. The molecule has 3 N–H and O–H groups in total. The Morgan fingerprint density at radius 3 is 2.90 bits per heavy atom. The average Bonchev–Trinajstić information content (AvgIpc) is 3.15. The van der Waals surface area contributed by atoms with Crippen molar-refractivity contribution in [3.8, 4) is 0 Å². The molecule has 30 heavy (non-hydrogen) atoms. The van der Waals surface area contributed by atoms with E-state index in [9.17, 15) is 14.7 Å². The summed E-state index contributed by atoms with van der Waals surface area (Å²) in [5.74, 6) is -0.703. The van der Waals surface area contributed by atoms with Crippen LogP contribution < -0.4 is 15.5 Å². The number of methoxy groups -OCH3 is 1. The van der Waals surface area contributed by atoms with Crippen molar-refractivity contribution in [2.24, 2.45) is 0 Å². The van der Waals surface area contributed by atoms with Gasteiger partial charge in [0.05, 0.1) is 0 Å². The SMILES string of the molecule is COCCCN(C[C@@H]1C[C@H](S)CN1)c1cccc(C(=O)N[C@@H](CCSC)C(=O)O)c1. The van der Waals surface area contributed by atoms with Crippen LogP contribution in [0.4, 0.5) is 5.69 Å². The number of nitrogens with zero attached hydrogens (tertiary/aromatic N) is 1. The first-order chi connectivity index (χ1) is 14.4. The van der Waals surface area contributed by atoms with Gasteiger partial charge in [0, 0.05) is 55.9 Å². The first-order valence-electron chi connectivity index (χ1n) is 10.2. The third-order valence-electron chi connectivity index (χ3n) is 5.10. The van der Waals surface area contributed by atoms with Crippen molar-refractivity contribution in [1.82, 2.24) is 10.6 Å². The Hall–Kier alpha value is -1.42. The van der Waals surface area contributed by atoms with E-state index in [2.05, 4.69) is 28.2 Å². The molecule has 0 saturated carbocycles. The molecular formula is C21H33N3O4S2. The highest BCUT2D eigenvalue weighted by atomic mass is 32.2. The topological polar surface area (TPSA) is 90.9 Å². The van der Waals surface area contributed by atoms with E-state index >= 15 is 0 Å². The van der Waals surface area contributed by atoms with E-state index in [1.807, 2.05) is 24.5 Å². The number of thiol groups is 1. The standard InChI is InChI=1S/C21H33N3O4S2/c1-28-9-4-8-24(14-16-12-18(29)13-22-16)17-6-3-5-15(11-17)20(25)23-19(21(26)27)7-10-30-2/h3,5-6,11,16,18-19,22,29H,4,7-10,12-14H2,1-2H3,(H,23,25)(H,26,27)/t16-,18-,19-/m0/s1. The fraction of sp³-hybridized carbons (Fsp3) is 0.619. The van der Waals surface area contributed by atoms with Crippen LogP contribution in [0.15, 0.2) is 24.3 Å². The van der Waals surface area contributed by atoms with Gasteiger partial charge < -0.3 is 25.4 Å². The van der Waals surface area contributed by atoms with Crippen LogP contribution in [0.2, 0.25) is 0 Å². The molecule has 1 heterocycles. The highest BCUT2D eigenvalue weighted by Gasteiger charge is 2.24. The van der Waals surface area contributed by atoms with Gasteiger partial charge in [-0.3, -0.25) is 4.79 Å². The number of benzene rings is 1. The molecule has 1 aliphatic heterocycles. The van der Waals surface area contributed by atoms with Crippen LogP contribution in [0.5, 0.6) is 0 Å². The molecule has 0 radical (unpaired) electrons. The Morgan fingerprint density at radius 1 is 1.47 bits per heavy atom. The molecule has 9 heteroatoms. The number of carbonyl (C=O) groups excluding carboxylic acids is 1. The molecular weight excluding hydrogens is 422 g/mol. The molecule has 2 rings (SSSR count). The van der Waals surface area contributed by atoms with Crippen molar-refractivity contribution >= 4 is 42.0 Å².